The monoisotopic (exact) mass is 233 g/mol. The Morgan fingerprint density at radius 3 is 2.59 bits per heavy atom. The molecule has 0 aliphatic rings. The Morgan fingerprint density at radius 2 is 1.94 bits per heavy atom. The number of aromatic amines is 1. The van der Waals surface area contributed by atoms with Crippen molar-refractivity contribution in [1.82, 2.24) is 10.2 Å². The molecule has 1 aromatic heterocycles. The van der Waals surface area contributed by atoms with Crippen LogP contribution in [-0.4, -0.2) is 15.7 Å². The van der Waals surface area contributed by atoms with Gasteiger partial charge in [-0.05, 0) is 32.9 Å². The molecule has 2 aromatic rings. The lowest BCUT2D eigenvalue weighted by Gasteiger charge is -2.19. The molecule has 0 amide bonds. The van der Waals surface area contributed by atoms with Crippen LogP contribution in [0.1, 0.15) is 20.8 Å². The van der Waals surface area contributed by atoms with E-state index in [2.05, 4.69) is 15.5 Å². The fourth-order valence-corrected chi connectivity index (χ4v) is 1.59. The third-order valence-electron chi connectivity index (χ3n) is 2.24. The molecular weight excluding hydrogens is 217 g/mol. The first kappa shape index (κ1) is 11.6. The average Bonchev–Trinajstić information content (AvgIpc) is 2.64. The third kappa shape index (κ3) is 2.84. The molecule has 4 heteroatoms. The predicted molar refractivity (Wildman–Crippen MR) is 67.4 cm³/mol. The van der Waals surface area contributed by atoms with E-state index in [0.29, 0.717) is 11.3 Å². The van der Waals surface area contributed by atoms with Gasteiger partial charge in [0.1, 0.15) is 11.6 Å². The van der Waals surface area contributed by atoms with E-state index < -0.39 is 0 Å². The molecular formula is C13H16FN3. The number of rotatable bonds is 2. The normalized spacial score (nSPS) is 11.5. The maximum atomic E-state index is 13.6. The van der Waals surface area contributed by atoms with Crippen molar-refractivity contribution < 1.29 is 4.39 Å². The van der Waals surface area contributed by atoms with Crippen LogP contribution in [0.4, 0.5) is 10.2 Å². The van der Waals surface area contributed by atoms with Gasteiger partial charge in [0, 0.05) is 17.2 Å². The van der Waals surface area contributed by atoms with Gasteiger partial charge >= 0.3 is 0 Å². The van der Waals surface area contributed by atoms with E-state index in [0.717, 1.165) is 5.82 Å². The lowest BCUT2D eigenvalue weighted by atomic mass is 10.1. The molecule has 0 atom stereocenters. The van der Waals surface area contributed by atoms with Gasteiger partial charge in [0.25, 0.3) is 0 Å². The second-order valence-corrected chi connectivity index (χ2v) is 5.02. The maximum Gasteiger partial charge on any atom is 0.148 e. The summed E-state index contributed by atoms with van der Waals surface area (Å²) in [6, 6.07) is 8.44. The summed E-state index contributed by atoms with van der Waals surface area (Å²) in [5, 5.41) is 10.2. The first-order valence-corrected chi connectivity index (χ1v) is 5.54. The molecule has 0 aliphatic carbocycles. The summed E-state index contributed by atoms with van der Waals surface area (Å²) >= 11 is 0. The van der Waals surface area contributed by atoms with Crippen LogP contribution in [0.2, 0.25) is 0 Å². The van der Waals surface area contributed by atoms with Gasteiger partial charge in [-0.2, -0.15) is 5.10 Å². The topological polar surface area (TPSA) is 40.7 Å². The van der Waals surface area contributed by atoms with Crippen molar-refractivity contribution in [1.29, 1.82) is 0 Å². The van der Waals surface area contributed by atoms with E-state index >= 15 is 0 Å². The van der Waals surface area contributed by atoms with Gasteiger partial charge in [0.05, 0.1) is 5.69 Å². The number of aromatic nitrogens is 2. The highest BCUT2D eigenvalue weighted by molar-refractivity contribution is 5.63. The van der Waals surface area contributed by atoms with Gasteiger partial charge in [-0.15, -0.1) is 0 Å². The van der Waals surface area contributed by atoms with Crippen molar-refractivity contribution in [2.45, 2.75) is 26.3 Å². The van der Waals surface area contributed by atoms with Crippen molar-refractivity contribution in [3.05, 3.63) is 36.1 Å². The zero-order chi connectivity index (χ0) is 12.5. The summed E-state index contributed by atoms with van der Waals surface area (Å²) < 4.78 is 13.6. The Kier molecular flexibility index (Phi) is 2.88. The minimum absolute atomic E-state index is 0.0678. The Hall–Kier alpha value is -1.84. The van der Waals surface area contributed by atoms with Crippen LogP contribution in [0.25, 0.3) is 11.3 Å². The number of benzene rings is 1. The van der Waals surface area contributed by atoms with E-state index in [1.165, 1.54) is 6.07 Å². The van der Waals surface area contributed by atoms with Crippen LogP contribution in [0.5, 0.6) is 0 Å². The summed E-state index contributed by atoms with van der Waals surface area (Å²) in [5.74, 6) is 0.467. The summed E-state index contributed by atoms with van der Waals surface area (Å²) in [4.78, 5) is 0. The Labute approximate surface area is 100 Å². The Morgan fingerprint density at radius 1 is 1.24 bits per heavy atom. The number of H-pyrrole nitrogens is 1. The second kappa shape index (κ2) is 4.20. The molecule has 0 bridgehead atoms. The van der Waals surface area contributed by atoms with E-state index in [1.807, 2.05) is 26.8 Å². The van der Waals surface area contributed by atoms with Crippen molar-refractivity contribution >= 4 is 5.82 Å². The lowest BCUT2D eigenvalue weighted by molar-refractivity contribution is 0.629. The molecule has 3 nitrogen and oxygen atoms in total. The number of halogens is 1. The van der Waals surface area contributed by atoms with Crippen molar-refractivity contribution in [3.63, 3.8) is 0 Å². The Bertz CT molecular complexity index is 511. The van der Waals surface area contributed by atoms with Crippen molar-refractivity contribution in [2.75, 3.05) is 5.32 Å². The van der Waals surface area contributed by atoms with Crippen LogP contribution >= 0.6 is 0 Å². The van der Waals surface area contributed by atoms with Gasteiger partial charge in [-0.1, -0.05) is 12.1 Å². The average molecular weight is 233 g/mol. The molecule has 2 rings (SSSR count). The molecule has 0 spiro atoms. The standard InChI is InChI=1S/C13H16FN3/c1-13(2,3)15-12-8-11(16-17-12)9-6-4-5-7-10(9)14/h4-8H,1-3H3,(H2,15,16,17). The van der Waals surface area contributed by atoms with Gasteiger partial charge < -0.3 is 5.32 Å². The van der Waals surface area contributed by atoms with E-state index in [9.17, 15) is 4.39 Å². The highest BCUT2D eigenvalue weighted by Gasteiger charge is 2.13. The maximum absolute atomic E-state index is 13.6. The Balaban J connectivity index is 2.28. The molecule has 0 unspecified atom stereocenters. The summed E-state index contributed by atoms with van der Waals surface area (Å²) in [6.07, 6.45) is 0. The van der Waals surface area contributed by atoms with Crippen LogP contribution in [0, 0.1) is 5.82 Å². The quantitative estimate of drug-likeness (QED) is 0.834. The lowest BCUT2D eigenvalue weighted by Crippen LogP contribution is -2.26. The SMILES string of the molecule is CC(C)(C)Nc1cc(-c2ccccc2F)[nH]n1. The molecule has 1 heterocycles. The molecule has 2 N–H and O–H groups in total. The molecule has 17 heavy (non-hydrogen) atoms. The van der Waals surface area contributed by atoms with Crippen LogP contribution in [0.3, 0.4) is 0 Å². The predicted octanol–water partition coefficient (Wildman–Crippen LogP) is 3.43. The van der Waals surface area contributed by atoms with Crippen LogP contribution < -0.4 is 5.32 Å². The molecule has 1 aromatic carbocycles. The zero-order valence-corrected chi connectivity index (χ0v) is 10.2. The summed E-state index contributed by atoms with van der Waals surface area (Å²) in [7, 11) is 0. The van der Waals surface area contributed by atoms with E-state index in [4.69, 9.17) is 0 Å². The zero-order valence-electron chi connectivity index (χ0n) is 10.2. The number of nitrogens with zero attached hydrogens (tertiary/aromatic N) is 1. The van der Waals surface area contributed by atoms with Gasteiger partial charge in [0.15, 0.2) is 0 Å². The number of nitrogens with one attached hydrogen (secondary N) is 2. The first-order chi connectivity index (χ1) is 7.96. The molecule has 0 radical (unpaired) electrons. The second-order valence-electron chi connectivity index (χ2n) is 5.02. The van der Waals surface area contributed by atoms with Crippen molar-refractivity contribution in [3.8, 4) is 11.3 Å². The highest BCUT2D eigenvalue weighted by atomic mass is 19.1. The number of hydrogen-bond acceptors (Lipinski definition) is 2. The molecule has 0 fully saturated rings. The molecule has 0 aliphatic heterocycles. The summed E-state index contributed by atoms with van der Waals surface area (Å²) in [5.41, 5.74) is 1.14. The number of anilines is 1. The van der Waals surface area contributed by atoms with Crippen LogP contribution in [-0.2, 0) is 0 Å². The van der Waals surface area contributed by atoms with Crippen molar-refractivity contribution in [2.24, 2.45) is 0 Å². The van der Waals surface area contributed by atoms with Gasteiger partial charge in [-0.3, -0.25) is 5.10 Å². The van der Waals surface area contributed by atoms with E-state index in [1.54, 1.807) is 18.2 Å². The van der Waals surface area contributed by atoms with Gasteiger partial charge in [0.2, 0.25) is 0 Å². The molecule has 90 valence electrons. The molecule has 0 saturated carbocycles. The fraction of sp³-hybridized carbons (Fsp3) is 0.308. The third-order valence-corrected chi connectivity index (χ3v) is 2.24. The fourth-order valence-electron chi connectivity index (χ4n) is 1.59. The summed E-state index contributed by atoms with van der Waals surface area (Å²) in [6.45, 7) is 6.14. The smallest absolute Gasteiger partial charge is 0.148 e. The minimum Gasteiger partial charge on any atom is -0.364 e. The van der Waals surface area contributed by atoms with Crippen LogP contribution in [0.15, 0.2) is 30.3 Å². The molecule has 0 saturated heterocycles. The largest absolute Gasteiger partial charge is 0.364 e. The number of hydrogen-bond donors (Lipinski definition) is 2. The highest BCUT2D eigenvalue weighted by Crippen LogP contribution is 2.23. The minimum atomic E-state index is -0.251. The first-order valence-electron chi connectivity index (χ1n) is 5.54. The van der Waals surface area contributed by atoms with E-state index in [-0.39, 0.29) is 11.4 Å². The van der Waals surface area contributed by atoms with Gasteiger partial charge in [-0.25, -0.2) is 4.39 Å².